The molecule has 0 spiro atoms. The van der Waals surface area contributed by atoms with Crippen molar-refractivity contribution in [3.05, 3.63) is 35.4 Å². The number of rotatable bonds is 6. The van der Waals surface area contributed by atoms with E-state index in [4.69, 9.17) is 23.2 Å². The molecule has 1 rings (SSSR count). The Labute approximate surface area is 105 Å². The van der Waals surface area contributed by atoms with Crippen molar-refractivity contribution in [1.29, 1.82) is 0 Å². The summed E-state index contributed by atoms with van der Waals surface area (Å²) in [5, 5.41) is -0.664. The van der Waals surface area contributed by atoms with E-state index in [2.05, 4.69) is 0 Å². The van der Waals surface area contributed by atoms with Crippen molar-refractivity contribution in [2.45, 2.75) is 25.7 Å². The lowest BCUT2D eigenvalue weighted by atomic mass is 10.0. The van der Waals surface area contributed by atoms with E-state index in [-0.39, 0.29) is 10.5 Å². The Morgan fingerprint density at radius 2 is 1.38 bits per heavy atom. The van der Waals surface area contributed by atoms with Gasteiger partial charge in [0, 0.05) is 12.8 Å². The molecule has 0 fully saturated rings. The normalized spacial score (nSPS) is 10.1. The molecule has 1 aromatic carbocycles. The van der Waals surface area contributed by atoms with E-state index < -0.39 is 0 Å². The number of hydrogen-bond acceptors (Lipinski definition) is 2. The minimum atomic E-state index is -0.332. The highest BCUT2D eigenvalue weighted by Gasteiger charge is 2.02. The zero-order valence-corrected chi connectivity index (χ0v) is 10.2. The van der Waals surface area contributed by atoms with Gasteiger partial charge in [0.25, 0.3) is 0 Å². The predicted molar refractivity (Wildman–Crippen MR) is 64.8 cm³/mol. The van der Waals surface area contributed by atoms with Crippen LogP contribution in [0.25, 0.3) is 0 Å². The first kappa shape index (κ1) is 13.2. The minimum absolute atomic E-state index is 0.332. The summed E-state index contributed by atoms with van der Waals surface area (Å²) >= 11 is 10.5. The Kier molecular flexibility index (Phi) is 5.50. The fourth-order valence-corrected chi connectivity index (χ4v) is 1.61. The molecule has 2 nitrogen and oxygen atoms in total. The van der Waals surface area contributed by atoms with E-state index in [1.54, 1.807) is 0 Å². The largest absolute Gasteiger partial charge is 0.281 e. The molecule has 0 aliphatic heterocycles. The van der Waals surface area contributed by atoms with Gasteiger partial charge in [0.15, 0.2) is 0 Å². The highest BCUT2D eigenvalue weighted by atomic mass is 35.5. The van der Waals surface area contributed by atoms with E-state index in [0.717, 1.165) is 11.1 Å². The van der Waals surface area contributed by atoms with Crippen molar-refractivity contribution in [3.63, 3.8) is 0 Å². The molecule has 0 heterocycles. The monoisotopic (exact) mass is 258 g/mol. The third-order valence-electron chi connectivity index (χ3n) is 2.21. The number of carbonyl (C=O) groups is 2. The molecule has 16 heavy (non-hydrogen) atoms. The van der Waals surface area contributed by atoms with E-state index >= 15 is 0 Å². The van der Waals surface area contributed by atoms with Crippen molar-refractivity contribution in [2.75, 3.05) is 0 Å². The summed E-state index contributed by atoms with van der Waals surface area (Å²) in [4.78, 5) is 21.2. The molecule has 4 heteroatoms. The molecular formula is C12H12Cl2O2. The molecule has 0 aliphatic carbocycles. The predicted octanol–water partition coefficient (Wildman–Crippen LogP) is 3.08. The molecule has 86 valence electrons. The lowest BCUT2D eigenvalue weighted by Gasteiger charge is -2.02. The second kappa shape index (κ2) is 6.66. The van der Waals surface area contributed by atoms with Gasteiger partial charge in [-0.05, 0) is 47.2 Å². The van der Waals surface area contributed by atoms with Crippen LogP contribution in [0.15, 0.2) is 24.3 Å². The van der Waals surface area contributed by atoms with E-state index in [0.29, 0.717) is 25.7 Å². The Hall–Kier alpha value is -0.860. The van der Waals surface area contributed by atoms with Gasteiger partial charge in [0.2, 0.25) is 10.5 Å². The number of carbonyl (C=O) groups excluding carboxylic acids is 2. The number of halogens is 2. The van der Waals surface area contributed by atoms with Crippen LogP contribution in [0, 0.1) is 0 Å². The van der Waals surface area contributed by atoms with Gasteiger partial charge < -0.3 is 0 Å². The number of aryl methyl sites for hydroxylation is 2. The molecule has 0 aromatic heterocycles. The quantitative estimate of drug-likeness (QED) is 0.735. The molecule has 0 atom stereocenters. The van der Waals surface area contributed by atoms with Crippen LogP contribution < -0.4 is 0 Å². The number of benzene rings is 1. The van der Waals surface area contributed by atoms with Gasteiger partial charge in [-0.3, -0.25) is 9.59 Å². The molecule has 0 aliphatic rings. The molecule has 1 aromatic rings. The summed E-state index contributed by atoms with van der Waals surface area (Å²) in [5.74, 6) is 0. The van der Waals surface area contributed by atoms with Crippen molar-refractivity contribution >= 4 is 33.7 Å². The maximum atomic E-state index is 10.6. The summed E-state index contributed by atoms with van der Waals surface area (Å²) < 4.78 is 0. The summed E-state index contributed by atoms with van der Waals surface area (Å²) in [6, 6.07) is 7.75. The van der Waals surface area contributed by atoms with E-state index in [9.17, 15) is 9.59 Å². The first-order valence-corrected chi connectivity index (χ1v) is 5.78. The third kappa shape index (κ3) is 5.29. The molecule has 0 bridgehead atoms. The summed E-state index contributed by atoms with van der Waals surface area (Å²) in [6.45, 7) is 0. The topological polar surface area (TPSA) is 34.1 Å². The first-order valence-electron chi connectivity index (χ1n) is 5.02. The summed E-state index contributed by atoms with van der Waals surface area (Å²) in [6.07, 6.45) is 1.93. The van der Waals surface area contributed by atoms with Gasteiger partial charge in [0.1, 0.15) is 0 Å². The van der Waals surface area contributed by atoms with Crippen molar-refractivity contribution in [2.24, 2.45) is 0 Å². The highest BCUT2D eigenvalue weighted by Crippen LogP contribution is 2.11. The van der Waals surface area contributed by atoms with Crippen molar-refractivity contribution in [3.8, 4) is 0 Å². The maximum absolute atomic E-state index is 10.6. The minimum Gasteiger partial charge on any atom is -0.281 e. The standard InChI is InChI=1S/C12H12Cl2O2/c13-11(15)6-4-9-2-1-3-10(8-9)5-7-12(14)16/h1-3,8H,4-7H2. The Morgan fingerprint density at radius 3 is 1.75 bits per heavy atom. The third-order valence-corrected chi connectivity index (χ3v) is 2.59. The molecular weight excluding hydrogens is 247 g/mol. The summed E-state index contributed by atoms with van der Waals surface area (Å²) in [7, 11) is 0. The van der Waals surface area contributed by atoms with Crippen LogP contribution in [0.4, 0.5) is 0 Å². The van der Waals surface area contributed by atoms with Crippen LogP contribution in [-0.2, 0) is 22.4 Å². The average molecular weight is 259 g/mol. The lowest BCUT2D eigenvalue weighted by Crippen LogP contribution is -1.95. The molecule has 0 amide bonds. The molecule has 0 saturated carbocycles. The SMILES string of the molecule is O=C(Cl)CCc1cccc(CCC(=O)Cl)c1. The van der Waals surface area contributed by atoms with E-state index in [1.807, 2.05) is 24.3 Å². The molecule has 0 unspecified atom stereocenters. The van der Waals surface area contributed by atoms with Gasteiger partial charge in [0.05, 0.1) is 0 Å². The van der Waals surface area contributed by atoms with E-state index in [1.165, 1.54) is 0 Å². The van der Waals surface area contributed by atoms with Crippen molar-refractivity contribution in [1.82, 2.24) is 0 Å². The van der Waals surface area contributed by atoms with Gasteiger partial charge in [-0.1, -0.05) is 24.3 Å². The first-order chi connectivity index (χ1) is 7.58. The smallest absolute Gasteiger partial charge is 0.221 e. The van der Waals surface area contributed by atoms with Crippen molar-refractivity contribution < 1.29 is 9.59 Å². The van der Waals surface area contributed by atoms with Crippen LogP contribution >= 0.6 is 23.2 Å². The van der Waals surface area contributed by atoms with Crippen LogP contribution in [-0.4, -0.2) is 10.5 Å². The van der Waals surface area contributed by atoms with Crippen LogP contribution in [0.1, 0.15) is 24.0 Å². The second-order valence-corrected chi connectivity index (χ2v) is 4.37. The Balaban J connectivity index is 2.56. The van der Waals surface area contributed by atoms with Gasteiger partial charge in [-0.25, -0.2) is 0 Å². The maximum Gasteiger partial charge on any atom is 0.221 e. The van der Waals surface area contributed by atoms with Crippen LogP contribution in [0.3, 0.4) is 0 Å². The highest BCUT2D eigenvalue weighted by molar-refractivity contribution is 6.63. The second-order valence-electron chi connectivity index (χ2n) is 3.53. The van der Waals surface area contributed by atoms with Gasteiger partial charge in [-0.2, -0.15) is 0 Å². The zero-order valence-electron chi connectivity index (χ0n) is 8.71. The molecule has 0 N–H and O–H groups in total. The average Bonchev–Trinajstić information content (AvgIpc) is 2.24. The molecule has 0 radical (unpaired) electrons. The summed E-state index contributed by atoms with van der Waals surface area (Å²) in [5.41, 5.74) is 2.10. The molecule has 0 saturated heterocycles. The Morgan fingerprint density at radius 1 is 0.938 bits per heavy atom. The van der Waals surface area contributed by atoms with Crippen LogP contribution in [0.2, 0.25) is 0 Å². The van der Waals surface area contributed by atoms with Gasteiger partial charge >= 0.3 is 0 Å². The Bertz CT molecular complexity index is 355. The lowest BCUT2D eigenvalue weighted by molar-refractivity contribution is -0.112. The number of hydrogen-bond donors (Lipinski definition) is 0. The fourth-order valence-electron chi connectivity index (χ4n) is 1.43. The van der Waals surface area contributed by atoms with Crippen LogP contribution in [0.5, 0.6) is 0 Å². The van der Waals surface area contributed by atoms with Gasteiger partial charge in [-0.15, -0.1) is 0 Å². The zero-order chi connectivity index (χ0) is 12.0. The fraction of sp³-hybridized carbons (Fsp3) is 0.333.